The Hall–Kier alpha value is -2.01. The molecule has 0 fully saturated rings. The first-order valence-corrected chi connectivity index (χ1v) is 7.20. The van der Waals surface area contributed by atoms with Crippen LogP contribution in [-0.2, 0) is 13.5 Å². The maximum Gasteiger partial charge on any atom is 0.126 e. The standard InChI is InChI=1S/C16H21N3O2/c1-11(13-8-17-19(2)9-13)18-14-6-12-4-5-15(20-3)7-16(12)21-10-14/h4-5,7-9,11,14,18H,6,10H2,1-3H3/t11-,14+/m0/s1. The van der Waals surface area contributed by atoms with Gasteiger partial charge in [-0.15, -0.1) is 0 Å². The number of benzene rings is 1. The maximum atomic E-state index is 5.86. The Labute approximate surface area is 124 Å². The van der Waals surface area contributed by atoms with Crippen LogP contribution in [0, 0.1) is 0 Å². The summed E-state index contributed by atoms with van der Waals surface area (Å²) >= 11 is 0. The lowest BCUT2D eigenvalue weighted by molar-refractivity contribution is 0.228. The van der Waals surface area contributed by atoms with E-state index in [1.807, 2.05) is 36.3 Å². The third kappa shape index (κ3) is 3.03. The number of methoxy groups -OCH3 is 1. The van der Waals surface area contributed by atoms with Crippen LogP contribution in [-0.4, -0.2) is 29.5 Å². The lowest BCUT2D eigenvalue weighted by atomic mass is 10.0. The fraction of sp³-hybridized carbons (Fsp3) is 0.438. The Balaban J connectivity index is 1.66. The Morgan fingerprint density at radius 3 is 3.05 bits per heavy atom. The highest BCUT2D eigenvalue weighted by molar-refractivity contribution is 5.42. The van der Waals surface area contributed by atoms with Crippen molar-refractivity contribution in [1.82, 2.24) is 15.1 Å². The number of aryl methyl sites for hydroxylation is 1. The highest BCUT2D eigenvalue weighted by atomic mass is 16.5. The fourth-order valence-electron chi connectivity index (χ4n) is 2.70. The zero-order chi connectivity index (χ0) is 14.8. The van der Waals surface area contributed by atoms with Crippen molar-refractivity contribution < 1.29 is 9.47 Å². The van der Waals surface area contributed by atoms with E-state index in [1.165, 1.54) is 11.1 Å². The second kappa shape index (κ2) is 5.77. The smallest absolute Gasteiger partial charge is 0.126 e. The molecule has 0 radical (unpaired) electrons. The van der Waals surface area contributed by atoms with Crippen LogP contribution >= 0.6 is 0 Å². The topological polar surface area (TPSA) is 48.3 Å². The van der Waals surface area contributed by atoms with Gasteiger partial charge in [-0.1, -0.05) is 6.07 Å². The molecular weight excluding hydrogens is 266 g/mol. The molecular formula is C16H21N3O2. The first-order chi connectivity index (χ1) is 10.2. The van der Waals surface area contributed by atoms with Gasteiger partial charge in [-0.25, -0.2) is 0 Å². The summed E-state index contributed by atoms with van der Waals surface area (Å²) in [5, 5.41) is 7.83. The van der Waals surface area contributed by atoms with E-state index in [-0.39, 0.29) is 6.04 Å². The van der Waals surface area contributed by atoms with Crippen LogP contribution in [0.25, 0.3) is 0 Å². The molecule has 21 heavy (non-hydrogen) atoms. The van der Waals surface area contributed by atoms with Crippen molar-refractivity contribution in [2.45, 2.75) is 25.4 Å². The fourth-order valence-corrected chi connectivity index (χ4v) is 2.70. The Morgan fingerprint density at radius 2 is 2.33 bits per heavy atom. The number of fused-ring (bicyclic) bond motifs is 1. The van der Waals surface area contributed by atoms with Gasteiger partial charge in [-0.2, -0.15) is 5.10 Å². The number of hydrogen-bond donors (Lipinski definition) is 1. The highest BCUT2D eigenvalue weighted by Gasteiger charge is 2.22. The normalized spacial score (nSPS) is 18.7. The van der Waals surface area contributed by atoms with Crippen molar-refractivity contribution in [3.05, 3.63) is 41.7 Å². The second-order valence-corrected chi connectivity index (χ2v) is 5.52. The maximum absolute atomic E-state index is 5.86. The molecule has 0 unspecified atom stereocenters. The SMILES string of the molecule is COc1ccc2c(c1)OC[C@H](N[C@@H](C)c1cnn(C)c1)C2. The molecule has 2 heterocycles. The Bertz CT molecular complexity index is 624. The van der Waals surface area contributed by atoms with E-state index < -0.39 is 0 Å². The summed E-state index contributed by atoms with van der Waals surface area (Å²) in [4.78, 5) is 0. The average molecular weight is 287 g/mol. The molecule has 0 amide bonds. The van der Waals surface area contributed by atoms with Crippen LogP contribution in [0.1, 0.15) is 24.1 Å². The molecule has 0 saturated heterocycles. The lowest BCUT2D eigenvalue weighted by Gasteiger charge is -2.28. The van der Waals surface area contributed by atoms with Gasteiger partial charge in [0.15, 0.2) is 0 Å². The molecule has 1 aromatic carbocycles. The molecule has 0 spiro atoms. The van der Waals surface area contributed by atoms with Gasteiger partial charge in [0.25, 0.3) is 0 Å². The molecule has 0 bridgehead atoms. The van der Waals surface area contributed by atoms with E-state index in [2.05, 4.69) is 23.4 Å². The van der Waals surface area contributed by atoms with E-state index in [0.717, 1.165) is 17.9 Å². The zero-order valence-electron chi connectivity index (χ0n) is 12.7. The van der Waals surface area contributed by atoms with Crippen LogP contribution in [0.2, 0.25) is 0 Å². The van der Waals surface area contributed by atoms with Crippen LogP contribution in [0.3, 0.4) is 0 Å². The molecule has 1 aliphatic heterocycles. The van der Waals surface area contributed by atoms with E-state index >= 15 is 0 Å². The van der Waals surface area contributed by atoms with Gasteiger partial charge in [0.2, 0.25) is 0 Å². The molecule has 2 aromatic rings. The van der Waals surface area contributed by atoms with Crippen molar-refractivity contribution in [3.8, 4) is 11.5 Å². The summed E-state index contributed by atoms with van der Waals surface area (Å²) in [6.07, 6.45) is 4.91. The minimum atomic E-state index is 0.257. The molecule has 1 aromatic heterocycles. The molecule has 0 aliphatic carbocycles. The van der Waals surface area contributed by atoms with E-state index in [4.69, 9.17) is 9.47 Å². The van der Waals surface area contributed by atoms with Crippen molar-refractivity contribution in [2.75, 3.05) is 13.7 Å². The van der Waals surface area contributed by atoms with Crippen molar-refractivity contribution >= 4 is 0 Å². The van der Waals surface area contributed by atoms with Crippen LogP contribution in [0.15, 0.2) is 30.6 Å². The molecule has 2 atom stereocenters. The van der Waals surface area contributed by atoms with Crippen molar-refractivity contribution in [1.29, 1.82) is 0 Å². The summed E-state index contributed by atoms with van der Waals surface area (Å²) in [6, 6.07) is 6.58. The van der Waals surface area contributed by atoms with Gasteiger partial charge in [-0.05, 0) is 25.0 Å². The van der Waals surface area contributed by atoms with E-state index in [0.29, 0.717) is 12.6 Å². The number of rotatable bonds is 4. The van der Waals surface area contributed by atoms with Gasteiger partial charge < -0.3 is 14.8 Å². The van der Waals surface area contributed by atoms with Gasteiger partial charge >= 0.3 is 0 Å². The largest absolute Gasteiger partial charge is 0.497 e. The second-order valence-electron chi connectivity index (χ2n) is 5.52. The minimum absolute atomic E-state index is 0.257. The quantitative estimate of drug-likeness (QED) is 0.935. The highest BCUT2D eigenvalue weighted by Crippen LogP contribution is 2.29. The van der Waals surface area contributed by atoms with Crippen molar-refractivity contribution in [3.63, 3.8) is 0 Å². The molecule has 0 saturated carbocycles. The minimum Gasteiger partial charge on any atom is -0.497 e. The zero-order valence-corrected chi connectivity index (χ0v) is 12.7. The van der Waals surface area contributed by atoms with Crippen LogP contribution in [0.4, 0.5) is 0 Å². The average Bonchev–Trinajstić information content (AvgIpc) is 2.93. The number of aromatic nitrogens is 2. The molecule has 5 nitrogen and oxygen atoms in total. The number of ether oxygens (including phenoxy) is 2. The first kappa shape index (κ1) is 13.9. The first-order valence-electron chi connectivity index (χ1n) is 7.20. The van der Waals surface area contributed by atoms with Crippen LogP contribution < -0.4 is 14.8 Å². The summed E-state index contributed by atoms with van der Waals surface area (Å²) in [5.74, 6) is 1.77. The number of hydrogen-bond acceptors (Lipinski definition) is 4. The lowest BCUT2D eigenvalue weighted by Crippen LogP contribution is -2.40. The van der Waals surface area contributed by atoms with Gasteiger partial charge in [0.05, 0.1) is 13.3 Å². The van der Waals surface area contributed by atoms with E-state index in [1.54, 1.807) is 7.11 Å². The summed E-state index contributed by atoms with van der Waals surface area (Å²) in [6.45, 7) is 2.82. The van der Waals surface area contributed by atoms with Gasteiger partial charge in [0, 0.05) is 37.0 Å². The van der Waals surface area contributed by atoms with Crippen LogP contribution in [0.5, 0.6) is 11.5 Å². The summed E-state index contributed by atoms with van der Waals surface area (Å²) in [5.41, 5.74) is 2.41. The Kier molecular flexibility index (Phi) is 3.84. The van der Waals surface area contributed by atoms with Crippen molar-refractivity contribution in [2.24, 2.45) is 7.05 Å². The third-order valence-electron chi connectivity index (χ3n) is 3.89. The molecule has 1 aliphatic rings. The number of nitrogens with zero attached hydrogens (tertiary/aromatic N) is 2. The monoisotopic (exact) mass is 287 g/mol. The molecule has 5 heteroatoms. The van der Waals surface area contributed by atoms with Gasteiger partial charge in [0.1, 0.15) is 18.1 Å². The van der Waals surface area contributed by atoms with Gasteiger partial charge in [-0.3, -0.25) is 4.68 Å². The molecule has 3 rings (SSSR count). The predicted molar refractivity (Wildman–Crippen MR) is 80.7 cm³/mol. The van der Waals surface area contributed by atoms with E-state index in [9.17, 15) is 0 Å². The third-order valence-corrected chi connectivity index (χ3v) is 3.89. The summed E-state index contributed by atoms with van der Waals surface area (Å²) < 4.78 is 12.9. The molecule has 1 N–H and O–H groups in total. The molecule has 112 valence electrons. The predicted octanol–water partition coefficient (Wildman–Crippen LogP) is 2.08. The number of nitrogens with one attached hydrogen (secondary N) is 1. The summed E-state index contributed by atoms with van der Waals surface area (Å²) in [7, 11) is 3.61. The Morgan fingerprint density at radius 1 is 1.48 bits per heavy atom.